The van der Waals surface area contributed by atoms with E-state index in [-0.39, 0.29) is 11.7 Å². The summed E-state index contributed by atoms with van der Waals surface area (Å²) < 4.78 is 15.1. The minimum Gasteiger partial charge on any atom is -0.348 e. The van der Waals surface area contributed by atoms with E-state index in [1.165, 1.54) is 12.1 Å². The maximum absolute atomic E-state index is 13.2. The first kappa shape index (κ1) is 15.9. The molecule has 0 fully saturated rings. The Morgan fingerprint density at radius 3 is 2.33 bits per heavy atom. The van der Waals surface area contributed by atoms with Gasteiger partial charge >= 0.3 is 0 Å². The van der Waals surface area contributed by atoms with Crippen molar-refractivity contribution in [2.45, 2.75) is 13.1 Å². The van der Waals surface area contributed by atoms with Gasteiger partial charge in [0.25, 0.3) is 5.91 Å². The van der Waals surface area contributed by atoms with Gasteiger partial charge in [-0.15, -0.1) is 0 Å². The highest BCUT2D eigenvalue weighted by atomic mass is 19.1. The van der Waals surface area contributed by atoms with Crippen LogP contribution in [-0.4, -0.2) is 5.91 Å². The lowest BCUT2D eigenvalue weighted by Crippen LogP contribution is -2.34. The molecule has 120 valence electrons. The number of carbonyl (C=O) groups excluding carboxylic acids is 1. The topological polar surface area (TPSA) is 33.0 Å². The number of benzene rings is 2. The van der Waals surface area contributed by atoms with Crippen molar-refractivity contribution in [2.75, 3.05) is 0 Å². The van der Waals surface area contributed by atoms with Crippen molar-refractivity contribution in [1.82, 2.24) is 5.32 Å². The molecule has 0 bridgehead atoms. The van der Waals surface area contributed by atoms with Crippen LogP contribution in [0.4, 0.5) is 4.39 Å². The number of nitrogens with zero attached hydrogens (tertiary/aromatic N) is 1. The molecule has 3 rings (SSSR count). The second kappa shape index (κ2) is 7.51. The molecule has 3 aromatic rings. The molecular formula is C20H18FN2O+. The van der Waals surface area contributed by atoms with Crippen molar-refractivity contribution in [3.05, 3.63) is 102 Å². The summed E-state index contributed by atoms with van der Waals surface area (Å²) in [7, 11) is 0. The van der Waals surface area contributed by atoms with Crippen molar-refractivity contribution in [3.8, 4) is 0 Å². The minimum absolute atomic E-state index is 0.114. The normalized spacial score (nSPS) is 10.4. The lowest BCUT2D eigenvalue weighted by Gasteiger charge is -2.05. The van der Waals surface area contributed by atoms with E-state index >= 15 is 0 Å². The Morgan fingerprint density at radius 2 is 1.62 bits per heavy atom. The Labute approximate surface area is 140 Å². The van der Waals surface area contributed by atoms with Gasteiger partial charge in [-0.25, -0.2) is 8.96 Å². The number of rotatable bonds is 5. The number of aromatic nitrogens is 1. The lowest BCUT2D eigenvalue weighted by atomic mass is 10.2. The Balaban J connectivity index is 1.60. The van der Waals surface area contributed by atoms with Crippen LogP contribution in [0.1, 0.15) is 21.5 Å². The fourth-order valence-corrected chi connectivity index (χ4v) is 2.44. The summed E-state index contributed by atoms with van der Waals surface area (Å²) in [6.45, 7) is 1.06. The van der Waals surface area contributed by atoms with Crippen molar-refractivity contribution >= 4 is 5.91 Å². The largest absolute Gasteiger partial charge is 0.348 e. The molecule has 0 aliphatic carbocycles. The first-order valence-electron chi connectivity index (χ1n) is 7.76. The lowest BCUT2D eigenvalue weighted by molar-refractivity contribution is -0.688. The summed E-state index contributed by atoms with van der Waals surface area (Å²) in [6, 6.07) is 19.8. The van der Waals surface area contributed by atoms with Gasteiger partial charge in [0.05, 0.1) is 5.56 Å². The third-order valence-corrected chi connectivity index (χ3v) is 3.70. The van der Waals surface area contributed by atoms with Crippen LogP contribution in [0.5, 0.6) is 0 Å². The van der Waals surface area contributed by atoms with E-state index in [0.717, 1.165) is 11.1 Å². The molecule has 0 atom stereocenters. The summed E-state index contributed by atoms with van der Waals surface area (Å²) in [6.07, 6.45) is 3.64. The van der Waals surface area contributed by atoms with Gasteiger partial charge in [-0.05, 0) is 17.7 Å². The molecule has 0 aliphatic rings. The standard InChI is InChI=1S/C20H17FN2O/c21-19-8-4-7-17(13-19)15-23-11-9-18(10-12-23)20(24)22-14-16-5-2-1-3-6-16/h1-13H,14-15H2/p+1. The second-order valence-corrected chi connectivity index (χ2v) is 5.56. The zero-order valence-electron chi connectivity index (χ0n) is 13.2. The van der Waals surface area contributed by atoms with E-state index in [4.69, 9.17) is 0 Å². The molecule has 0 aliphatic heterocycles. The first-order valence-corrected chi connectivity index (χ1v) is 7.76. The van der Waals surface area contributed by atoms with Gasteiger partial charge in [0.1, 0.15) is 5.82 Å². The van der Waals surface area contributed by atoms with Gasteiger partial charge in [-0.2, -0.15) is 0 Å². The average molecular weight is 321 g/mol. The van der Waals surface area contributed by atoms with Crippen LogP contribution < -0.4 is 9.88 Å². The molecule has 0 unspecified atom stereocenters. The highest BCUT2D eigenvalue weighted by Crippen LogP contribution is 2.04. The van der Waals surface area contributed by atoms with E-state index in [0.29, 0.717) is 18.7 Å². The van der Waals surface area contributed by atoms with Crippen LogP contribution in [0, 0.1) is 5.82 Å². The SMILES string of the molecule is O=C(NCc1ccccc1)c1cc[n+](Cc2cccc(F)c2)cc1. The third kappa shape index (κ3) is 4.26. The predicted octanol–water partition coefficient (Wildman–Crippen LogP) is 3.09. The van der Waals surface area contributed by atoms with Crippen LogP contribution in [0.2, 0.25) is 0 Å². The fraction of sp³-hybridized carbons (Fsp3) is 0.100. The molecule has 1 N–H and O–H groups in total. The molecule has 1 heterocycles. The molecule has 0 radical (unpaired) electrons. The zero-order chi connectivity index (χ0) is 16.8. The number of nitrogens with one attached hydrogen (secondary N) is 1. The molecule has 3 nitrogen and oxygen atoms in total. The van der Waals surface area contributed by atoms with Crippen LogP contribution in [-0.2, 0) is 13.1 Å². The summed E-state index contributed by atoms with van der Waals surface area (Å²) in [5, 5.41) is 2.89. The molecule has 0 saturated carbocycles. The maximum atomic E-state index is 13.2. The van der Waals surface area contributed by atoms with Crippen LogP contribution >= 0.6 is 0 Å². The fourth-order valence-electron chi connectivity index (χ4n) is 2.44. The van der Waals surface area contributed by atoms with Gasteiger partial charge in [0, 0.05) is 24.2 Å². The number of pyridine rings is 1. The van der Waals surface area contributed by atoms with E-state index in [2.05, 4.69) is 5.32 Å². The predicted molar refractivity (Wildman–Crippen MR) is 89.8 cm³/mol. The van der Waals surface area contributed by atoms with Crippen molar-refractivity contribution in [2.24, 2.45) is 0 Å². The number of carbonyl (C=O) groups is 1. The van der Waals surface area contributed by atoms with Gasteiger partial charge in [-0.3, -0.25) is 4.79 Å². The van der Waals surface area contributed by atoms with Crippen molar-refractivity contribution in [1.29, 1.82) is 0 Å². The summed E-state index contributed by atoms with van der Waals surface area (Å²) in [5.74, 6) is -0.359. The molecule has 0 spiro atoms. The Hall–Kier alpha value is -3.01. The Kier molecular flexibility index (Phi) is 4.96. The number of halogens is 1. The first-order chi connectivity index (χ1) is 11.7. The van der Waals surface area contributed by atoms with Gasteiger partial charge in [0.15, 0.2) is 18.9 Å². The highest BCUT2D eigenvalue weighted by molar-refractivity contribution is 5.93. The van der Waals surface area contributed by atoms with Crippen molar-refractivity contribution < 1.29 is 13.8 Å². The van der Waals surface area contributed by atoms with E-state index in [1.807, 2.05) is 53.4 Å². The summed E-state index contributed by atoms with van der Waals surface area (Å²) in [5.41, 5.74) is 2.53. The van der Waals surface area contributed by atoms with Crippen LogP contribution in [0.25, 0.3) is 0 Å². The third-order valence-electron chi connectivity index (χ3n) is 3.70. The number of hydrogen-bond acceptors (Lipinski definition) is 1. The molecule has 1 aromatic heterocycles. The van der Waals surface area contributed by atoms with E-state index in [9.17, 15) is 9.18 Å². The molecule has 1 amide bonds. The average Bonchev–Trinajstić information content (AvgIpc) is 2.61. The maximum Gasteiger partial charge on any atom is 0.252 e. The monoisotopic (exact) mass is 321 g/mol. The second-order valence-electron chi connectivity index (χ2n) is 5.56. The van der Waals surface area contributed by atoms with Crippen LogP contribution in [0.15, 0.2) is 79.1 Å². The van der Waals surface area contributed by atoms with Gasteiger partial charge in [0.2, 0.25) is 0 Å². The quantitative estimate of drug-likeness (QED) is 0.720. The van der Waals surface area contributed by atoms with Gasteiger partial charge in [-0.1, -0.05) is 42.5 Å². The molecule has 0 saturated heterocycles. The number of hydrogen-bond donors (Lipinski definition) is 1. The highest BCUT2D eigenvalue weighted by Gasteiger charge is 2.09. The Morgan fingerprint density at radius 1 is 0.917 bits per heavy atom. The zero-order valence-corrected chi connectivity index (χ0v) is 13.2. The number of amides is 1. The Bertz CT molecular complexity index is 817. The van der Waals surface area contributed by atoms with E-state index < -0.39 is 0 Å². The molecule has 24 heavy (non-hydrogen) atoms. The smallest absolute Gasteiger partial charge is 0.252 e. The van der Waals surface area contributed by atoms with Gasteiger partial charge < -0.3 is 5.32 Å². The molecule has 2 aromatic carbocycles. The van der Waals surface area contributed by atoms with Crippen LogP contribution in [0.3, 0.4) is 0 Å². The molecular weight excluding hydrogens is 303 g/mol. The summed E-state index contributed by atoms with van der Waals surface area (Å²) in [4.78, 5) is 12.2. The minimum atomic E-state index is -0.245. The van der Waals surface area contributed by atoms with E-state index in [1.54, 1.807) is 18.2 Å². The summed E-state index contributed by atoms with van der Waals surface area (Å²) >= 11 is 0. The molecule has 4 heteroatoms. The van der Waals surface area contributed by atoms with Crippen molar-refractivity contribution in [3.63, 3.8) is 0 Å².